The van der Waals surface area contributed by atoms with Crippen LogP contribution in [0.4, 0.5) is 0 Å². The summed E-state index contributed by atoms with van der Waals surface area (Å²) < 4.78 is 1.81. The van der Waals surface area contributed by atoms with Crippen molar-refractivity contribution in [3.05, 3.63) is 108 Å². The van der Waals surface area contributed by atoms with E-state index < -0.39 is 0 Å². The Balaban J connectivity index is 1.28. The fourth-order valence-electron chi connectivity index (χ4n) is 5.65. The zero-order valence-corrected chi connectivity index (χ0v) is 22.9. The first-order valence-electron chi connectivity index (χ1n) is 13.8. The van der Waals surface area contributed by atoms with Crippen LogP contribution in [-0.2, 0) is 24.8 Å². The highest BCUT2D eigenvalue weighted by atomic mass is 16.1. The summed E-state index contributed by atoms with van der Waals surface area (Å²) in [5.41, 5.74) is 6.34. The van der Waals surface area contributed by atoms with Gasteiger partial charge < -0.3 is 5.32 Å². The van der Waals surface area contributed by atoms with E-state index >= 15 is 0 Å². The Bertz CT molecular complexity index is 1380. The molecule has 0 bridgehead atoms. The lowest BCUT2D eigenvalue weighted by molar-refractivity contribution is -0.124. The van der Waals surface area contributed by atoms with Gasteiger partial charge in [0.1, 0.15) is 5.82 Å². The first kappa shape index (κ1) is 26.5. The summed E-state index contributed by atoms with van der Waals surface area (Å²) in [4.78, 5) is 22.8. The quantitative estimate of drug-likeness (QED) is 0.279. The maximum absolute atomic E-state index is 13.7. The Morgan fingerprint density at radius 2 is 1.67 bits per heavy atom. The molecule has 0 saturated heterocycles. The van der Waals surface area contributed by atoms with Gasteiger partial charge in [-0.05, 0) is 66.7 Å². The minimum Gasteiger partial charge on any atom is -0.351 e. The van der Waals surface area contributed by atoms with Gasteiger partial charge in [-0.3, -0.25) is 9.48 Å². The van der Waals surface area contributed by atoms with Gasteiger partial charge in [-0.2, -0.15) is 5.10 Å². The molecule has 1 fully saturated rings. The highest BCUT2D eigenvalue weighted by Crippen LogP contribution is 2.40. The largest absolute Gasteiger partial charge is 0.351 e. The van der Waals surface area contributed by atoms with Crippen LogP contribution in [0.5, 0.6) is 0 Å². The monoisotopic (exact) mass is 519 g/mol. The molecule has 200 valence electrons. The fraction of sp³-hybridized carbons (Fsp3) is 0.333. The van der Waals surface area contributed by atoms with Crippen molar-refractivity contribution in [1.29, 1.82) is 0 Å². The van der Waals surface area contributed by atoms with Crippen molar-refractivity contribution in [2.45, 2.75) is 51.5 Å². The molecule has 1 N–H and O–H groups in total. The Hall–Kier alpha value is -4.06. The summed E-state index contributed by atoms with van der Waals surface area (Å²) in [6.45, 7) is 6.48. The van der Waals surface area contributed by atoms with Crippen LogP contribution in [0.15, 0.2) is 86.0 Å². The van der Waals surface area contributed by atoms with E-state index in [0.29, 0.717) is 18.4 Å². The highest BCUT2D eigenvalue weighted by Gasteiger charge is 2.33. The van der Waals surface area contributed by atoms with Crippen molar-refractivity contribution in [3.8, 4) is 11.1 Å². The summed E-state index contributed by atoms with van der Waals surface area (Å²) >= 11 is 0. The van der Waals surface area contributed by atoms with Gasteiger partial charge in [0.2, 0.25) is 5.91 Å². The zero-order chi connectivity index (χ0) is 27.2. The third-order valence-electron chi connectivity index (χ3n) is 7.93. The number of rotatable bonds is 9. The summed E-state index contributed by atoms with van der Waals surface area (Å²) in [5.74, 6) is 1.66. The van der Waals surface area contributed by atoms with Crippen molar-refractivity contribution >= 4 is 11.5 Å². The molecule has 6 nitrogen and oxygen atoms in total. The molecule has 1 aliphatic rings. The van der Waals surface area contributed by atoms with Crippen LogP contribution in [0, 0.1) is 11.8 Å². The number of hydrogen-bond acceptors (Lipinski definition) is 4. The number of aryl methyl sites for hydroxylation is 1. The average Bonchev–Trinajstić information content (AvgIpc) is 3.40. The molecule has 1 aliphatic carbocycles. The summed E-state index contributed by atoms with van der Waals surface area (Å²) in [5, 5.41) is 7.52. The Morgan fingerprint density at radius 3 is 2.28 bits per heavy atom. The van der Waals surface area contributed by atoms with Gasteiger partial charge in [-0.15, -0.1) is 0 Å². The van der Waals surface area contributed by atoms with Crippen molar-refractivity contribution < 1.29 is 4.79 Å². The van der Waals surface area contributed by atoms with Crippen LogP contribution in [0.1, 0.15) is 61.0 Å². The zero-order valence-electron chi connectivity index (χ0n) is 22.9. The number of carbonyl (C=O) groups excluding carboxylic acids is 1. The third-order valence-corrected chi connectivity index (χ3v) is 7.93. The van der Waals surface area contributed by atoms with Crippen molar-refractivity contribution in [2.24, 2.45) is 18.9 Å². The molecule has 0 radical (unpaired) electrons. The molecule has 1 amide bonds. The number of allylic oxidation sites excluding steroid dienone is 1. The standard InChI is InChI=1S/C33H37N5O/c1-23(2)29-19-34-31(35-20-29)17-24-9-11-27(12-10-24)32(33(39)36-18-25-7-5-4-6-8-25)28-15-13-26(14-16-28)30-21-37-38(3)22-30/h4-8,13-16,19-22,24,27,32H,1,9-12,17-18H2,2-3H3,(H,36,39). The first-order valence-corrected chi connectivity index (χ1v) is 13.8. The van der Waals surface area contributed by atoms with E-state index in [1.54, 1.807) is 4.68 Å². The predicted molar refractivity (Wildman–Crippen MR) is 156 cm³/mol. The molecule has 2 heterocycles. The number of nitrogens with one attached hydrogen (secondary N) is 1. The fourth-order valence-corrected chi connectivity index (χ4v) is 5.65. The van der Waals surface area contributed by atoms with Gasteiger partial charge in [0, 0.05) is 49.7 Å². The second-order valence-electron chi connectivity index (χ2n) is 10.9. The highest BCUT2D eigenvalue weighted by molar-refractivity contribution is 5.84. The normalized spacial score (nSPS) is 17.9. The molecule has 1 atom stereocenters. The van der Waals surface area contributed by atoms with Crippen LogP contribution in [0.25, 0.3) is 16.7 Å². The van der Waals surface area contributed by atoms with Gasteiger partial charge >= 0.3 is 0 Å². The number of nitrogens with zero attached hydrogens (tertiary/aromatic N) is 4. The lowest BCUT2D eigenvalue weighted by atomic mass is 9.72. The van der Waals surface area contributed by atoms with E-state index in [2.05, 4.69) is 51.2 Å². The summed E-state index contributed by atoms with van der Waals surface area (Å²) in [6.07, 6.45) is 12.7. The third kappa shape index (κ3) is 6.69. The van der Waals surface area contributed by atoms with Crippen LogP contribution < -0.4 is 5.32 Å². The second kappa shape index (κ2) is 12.2. The molecular formula is C33H37N5O. The number of carbonyl (C=O) groups is 1. The predicted octanol–water partition coefficient (Wildman–Crippen LogP) is 6.36. The summed E-state index contributed by atoms with van der Waals surface area (Å²) in [7, 11) is 1.92. The first-order chi connectivity index (χ1) is 19.0. The molecule has 0 aliphatic heterocycles. The van der Waals surface area contributed by atoms with Crippen LogP contribution in [0.2, 0.25) is 0 Å². The van der Waals surface area contributed by atoms with Gasteiger partial charge in [0.05, 0.1) is 12.1 Å². The number of hydrogen-bond donors (Lipinski definition) is 1. The van der Waals surface area contributed by atoms with Gasteiger partial charge in [0.15, 0.2) is 0 Å². The molecule has 39 heavy (non-hydrogen) atoms. The maximum atomic E-state index is 13.7. The van der Waals surface area contributed by atoms with Crippen molar-refractivity contribution in [1.82, 2.24) is 25.1 Å². The van der Waals surface area contributed by atoms with Crippen LogP contribution in [-0.4, -0.2) is 25.7 Å². The number of amides is 1. The molecule has 0 spiro atoms. The average molecular weight is 520 g/mol. The lowest BCUT2D eigenvalue weighted by Crippen LogP contribution is -2.35. The molecule has 2 aromatic carbocycles. The number of benzene rings is 2. The molecule has 2 aromatic heterocycles. The Morgan fingerprint density at radius 1 is 0.974 bits per heavy atom. The summed E-state index contributed by atoms with van der Waals surface area (Å²) in [6, 6.07) is 18.6. The molecule has 1 saturated carbocycles. The van der Waals surface area contributed by atoms with Gasteiger partial charge in [-0.25, -0.2) is 9.97 Å². The van der Waals surface area contributed by atoms with E-state index in [-0.39, 0.29) is 11.8 Å². The Kier molecular flexibility index (Phi) is 8.30. The maximum Gasteiger partial charge on any atom is 0.228 e. The minimum absolute atomic E-state index is 0.107. The van der Waals surface area contributed by atoms with Crippen molar-refractivity contribution in [2.75, 3.05) is 0 Å². The second-order valence-corrected chi connectivity index (χ2v) is 10.9. The molecule has 1 unspecified atom stereocenters. The van der Waals surface area contributed by atoms with Crippen LogP contribution in [0.3, 0.4) is 0 Å². The van der Waals surface area contributed by atoms with E-state index in [4.69, 9.17) is 0 Å². The van der Waals surface area contributed by atoms with Crippen molar-refractivity contribution in [3.63, 3.8) is 0 Å². The number of aromatic nitrogens is 4. The topological polar surface area (TPSA) is 72.7 Å². The molecule has 5 rings (SSSR count). The van der Waals surface area contributed by atoms with Gasteiger partial charge in [-0.1, -0.05) is 61.2 Å². The SMILES string of the molecule is C=C(C)c1cnc(CC2CCC(C(C(=O)NCc3ccccc3)c3ccc(-c4cnn(C)c4)cc3)CC2)nc1. The van der Waals surface area contributed by atoms with Gasteiger partial charge in [0.25, 0.3) is 0 Å². The van der Waals surface area contributed by atoms with E-state index in [0.717, 1.165) is 71.3 Å². The molecule has 4 aromatic rings. The van der Waals surface area contributed by atoms with E-state index in [1.807, 2.05) is 69.1 Å². The Labute approximate surface area is 231 Å². The minimum atomic E-state index is -0.177. The lowest BCUT2D eigenvalue weighted by Gasteiger charge is -2.33. The molecular weight excluding hydrogens is 482 g/mol. The molecule has 6 heteroatoms. The van der Waals surface area contributed by atoms with E-state index in [9.17, 15) is 4.79 Å². The van der Waals surface area contributed by atoms with E-state index in [1.165, 1.54) is 0 Å². The van der Waals surface area contributed by atoms with Crippen LogP contribution >= 0.6 is 0 Å². The smallest absolute Gasteiger partial charge is 0.228 e.